The molecule has 2 aromatic rings. The normalized spacial score (nSPS) is 10.7. The van der Waals surface area contributed by atoms with Crippen molar-refractivity contribution < 1.29 is 0 Å². The molecule has 90 valence electrons. The first-order chi connectivity index (χ1) is 8.29. The average Bonchev–Trinajstić information content (AvgIpc) is 2.81. The Morgan fingerprint density at radius 2 is 2.24 bits per heavy atom. The van der Waals surface area contributed by atoms with Crippen LogP contribution >= 0.6 is 34.7 Å². The third-order valence-electron chi connectivity index (χ3n) is 2.30. The Hall–Kier alpha value is -0.480. The molecule has 0 unspecified atom stereocenters. The predicted octanol–water partition coefficient (Wildman–Crippen LogP) is 4.66. The van der Waals surface area contributed by atoms with Crippen LogP contribution in [0.2, 0.25) is 5.02 Å². The number of rotatable bonds is 5. The summed E-state index contributed by atoms with van der Waals surface area (Å²) in [7, 11) is 0. The highest BCUT2D eigenvalue weighted by molar-refractivity contribution is 8.01. The van der Waals surface area contributed by atoms with Crippen molar-refractivity contribution in [1.82, 2.24) is 5.32 Å². The molecule has 1 aromatic heterocycles. The molecule has 0 bridgehead atoms. The summed E-state index contributed by atoms with van der Waals surface area (Å²) in [5.74, 6) is 0. The summed E-state index contributed by atoms with van der Waals surface area (Å²) in [5.41, 5.74) is 1.16. The van der Waals surface area contributed by atoms with E-state index in [0.29, 0.717) is 0 Å². The summed E-state index contributed by atoms with van der Waals surface area (Å²) in [5, 5.41) is 6.21. The summed E-state index contributed by atoms with van der Waals surface area (Å²) >= 11 is 9.76. The van der Waals surface area contributed by atoms with Gasteiger partial charge in [0.25, 0.3) is 0 Å². The Morgan fingerprint density at radius 3 is 2.88 bits per heavy atom. The van der Waals surface area contributed by atoms with Gasteiger partial charge in [-0.2, -0.15) is 0 Å². The van der Waals surface area contributed by atoms with Gasteiger partial charge in [-0.3, -0.25) is 0 Å². The Balaban J connectivity index is 2.08. The maximum Gasteiger partial charge on any atom is 0.0646 e. The van der Waals surface area contributed by atoms with Crippen LogP contribution in [0.3, 0.4) is 0 Å². The van der Waals surface area contributed by atoms with Gasteiger partial charge < -0.3 is 5.32 Å². The number of thiophene rings is 1. The summed E-state index contributed by atoms with van der Waals surface area (Å²) in [6, 6.07) is 10.5. The lowest BCUT2D eigenvalue weighted by Gasteiger charge is -2.06. The van der Waals surface area contributed by atoms with Gasteiger partial charge >= 0.3 is 0 Å². The van der Waals surface area contributed by atoms with Crippen molar-refractivity contribution in [2.45, 2.75) is 22.6 Å². The molecule has 0 spiro atoms. The number of nitrogens with one attached hydrogen (secondary N) is 1. The van der Waals surface area contributed by atoms with Gasteiger partial charge in [-0.1, -0.05) is 42.4 Å². The molecule has 2 rings (SSSR count). The minimum atomic E-state index is 0.833. The topological polar surface area (TPSA) is 12.0 Å². The van der Waals surface area contributed by atoms with Gasteiger partial charge in [-0.05, 0) is 35.7 Å². The molecule has 0 radical (unpaired) electrons. The molecule has 0 atom stereocenters. The molecule has 0 aliphatic rings. The predicted molar refractivity (Wildman–Crippen MR) is 77.3 cm³/mol. The van der Waals surface area contributed by atoms with Crippen LogP contribution in [0.25, 0.3) is 0 Å². The fourth-order valence-corrected chi connectivity index (χ4v) is 3.53. The summed E-state index contributed by atoms with van der Waals surface area (Å²) in [6.07, 6.45) is 0. The van der Waals surface area contributed by atoms with Crippen molar-refractivity contribution in [3.8, 4) is 0 Å². The molecule has 0 fully saturated rings. The molecule has 0 saturated heterocycles. The van der Waals surface area contributed by atoms with Crippen molar-refractivity contribution in [3.63, 3.8) is 0 Å². The number of benzene rings is 1. The Morgan fingerprint density at radius 1 is 1.35 bits per heavy atom. The monoisotopic (exact) mass is 283 g/mol. The van der Waals surface area contributed by atoms with Crippen LogP contribution in [-0.2, 0) is 6.54 Å². The zero-order chi connectivity index (χ0) is 12.1. The number of hydrogen-bond donors (Lipinski definition) is 1. The largest absolute Gasteiger partial charge is 0.313 e. The van der Waals surface area contributed by atoms with Gasteiger partial charge in [0.05, 0.1) is 4.21 Å². The van der Waals surface area contributed by atoms with E-state index in [-0.39, 0.29) is 0 Å². The van der Waals surface area contributed by atoms with E-state index >= 15 is 0 Å². The van der Waals surface area contributed by atoms with Crippen LogP contribution in [0, 0.1) is 0 Å². The highest BCUT2D eigenvalue weighted by atomic mass is 35.5. The van der Waals surface area contributed by atoms with E-state index in [1.54, 1.807) is 23.1 Å². The van der Waals surface area contributed by atoms with Crippen molar-refractivity contribution in [2.75, 3.05) is 6.54 Å². The van der Waals surface area contributed by atoms with E-state index in [0.717, 1.165) is 23.7 Å². The van der Waals surface area contributed by atoms with Crippen LogP contribution in [0.4, 0.5) is 0 Å². The van der Waals surface area contributed by atoms with Crippen molar-refractivity contribution in [3.05, 3.63) is 46.3 Å². The molecule has 0 aliphatic heterocycles. The molecular formula is C13H14ClNS2. The van der Waals surface area contributed by atoms with Crippen molar-refractivity contribution in [1.29, 1.82) is 0 Å². The second kappa shape index (κ2) is 6.45. The molecule has 1 aromatic carbocycles. The molecule has 1 N–H and O–H groups in total. The summed E-state index contributed by atoms with van der Waals surface area (Å²) < 4.78 is 1.29. The first-order valence-electron chi connectivity index (χ1n) is 5.50. The van der Waals surface area contributed by atoms with Gasteiger partial charge in [0.2, 0.25) is 0 Å². The lowest BCUT2D eigenvalue weighted by Crippen LogP contribution is -2.11. The second-order valence-electron chi connectivity index (χ2n) is 3.57. The number of halogens is 1. The van der Waals surface area contributed by atoms with E-state index in [9.17, 15) is 0 Å². The van der Waals surface area contributed by atoms with Crippen LogP contribution < -0.4 is 5.32 Å². The highest BCUT2D eigenvalue weighted by Crippen LogP contribution is 2.33. The van der Waals surface area contributed by atoms with Crippen LogP contribution in [0.1, 0.15) is 12.5 Å². The molecule has 1 nitrogen and oxygen atoms in total. The maximum absolute atomic E-state index is 6.26. The highest BCUT2D eigenvalue weighted by Gasteiger charge is 2.03. The third kappa shape index (κ3) is 3.75. The minimum absolute atomic E-state index is 0.833. The van der Waals surface area contributed by atoms with E-state index in [1.165, 1.54) is 9.10 Å². The van der Waals surface area contributed by atoms with Gasteiger partial charge in [-0.15, -0.1) is 11.3 Å². The van der Waals surface area contributed by atoms with E-state index in [1.807, 2.05) is 6.07 Å². The van der Waals surface area contributed by atoms with Crippen LogP contribution in [0.15, 0.2) is 44.8 Å². The number of hydrogen-bond acceptors (Lipinski definition) is 3. The zero-order valence-corrected chi connectivity index (χ0v) is 12.0. The fraction of sp³-hybridized carbons (Fsp3) is 0.231. The summed E-state index contributed by atoms with van der Waals surface area (Å²) in [4.78, 5) is 1.19. The van der Waals surface area contributed by atoms with Gasteiger partial charge in [0.1, 0.15) is 0 Å². The Bertz CT molecular complexity index is 468. The fourth-order valence-electron chi connectivity index (χ4n) is 1.43. The SMILES string of the molecule is CCNCc1ccc(Sc2cccs2)cc1Cl. The van der Waals surface area contributed by atoms with Crippen molar-refractivity contribution in [2.24, 2.45) is 0 Å². The van der Waals surface area contributed by atoms with E-state index in [4.69, 9.17) is 11.6 Å². The van der Waals surface area contributed by atoms with Crippen molar-refractivity contribution >= 4 is 34.7 Å². The van der Waals surface area contributed by atoms with E-state index in [2.05, 4.69) is 41.9 Å². The molecular weight excluding hydrogens is 270 g/mol. The first-order valence-corrected chi connectivity index (χ1v) is 7.57. The molecule has 0 aliphatic carbocycles. The van der Waals surface area contributed by atoms with Crippen LogP contribution in [-0.4, -0.2) is 6.54 Å². The quantitative estimate of drug-likeness (QED) is 0.856. The second-order valence-corrected chi connectivity index (χ2v) is 6.30. The standard InChI is InChI=1S/C13H14ClNS2/c1-2-15-9-10-5-6-11(8-12(10)14)17-13-4-3-7-16-13/h3-8,15H,2,9H2,1H3. The van der Waals surface area contributed by atoms with Gasteiger partial charge in [0, 0.05) is 16.5 Å². The summed E-state index contributed by atoms with van der Waals surface area (Å²) in [6.45, 7) is 3.89. The lowest BCUT2D eigenvalue weighted by molar-refractivity contribution is 0.726. The Kier molecular flexibility index (Phi) is 4.92. The van der Waals surface area contributed by atoms with Gasteiger partial charge in [-0.25, -0.2) is 0 Å². The minimum Gasteiger partial charge on any atom is -0.313 e. The molecule has 1 heterocycles. The smallest absolute Gasteiger partial charge is 0.0646 e. The maximum atomic E-state index is 6.26. The van der Waals surface area contributed by atoms with Crippen LogP contribution in [0.5, 0.6) is 0 Å². The van der Waals surface area contributed by atoms with E-state index < -0.39 is 0 Å². The lowest BCUT2D eigenvalue weighted by atomic mass is 10.2. The Labute approximate surface area is 115 Å². The molecule has 4 heteroatoms. The third-order valence-corrected chi connectivity index (χ3v) is 4.68. The molecule has 0 amide bonds. The zero-order valence-electron chi connectivity index (χ0n) is 9.57. The molecule has 0 saturated carbocycles. The van der Waals surface area contributed by atoms with Gasteiger partial charge in [0.15, 0.2) is 0 Å². The first kappa shape index (κ1) is 13.0. The average molecular weight is 284 g/mol. The molecule has 17 heavy (non-hydrogen) atoms.